The molecular formula is C19H31N4O3+. The van der Waals surface area contributed by atoms with Crippen molar-refractivity contribution in [2.75, 3.05) is 32.7 Å². The third-order valence-electron chi connectivity index (χ3n) is 5.18. The monoisotopic (exact) mass is 363 g/mol. The number of amides is 4. The van der Waals surface area contributed by atoms with Gasteiger partial charge in [-0.2, -0.15) is 0 Å². The highest BCUT2D eigenvalue weighted by atomic mass is 16.2. The van der Waals surface area contributed by atoms with Crippen LogP contribution in [0.4, 0.5) is 4.79 Å². The van der Waals surface area contributed by atoms with Gasteiger partial charge in [0.1, 0.15) is 0 Å². The largest absolute Gasteiger partial charge is 0.334 e. The van der Waals surface area contributed by atoms with Crippen molar-refractivity contribution >= 4 is 24.1 Å². The van der Waals surface area contributed by atoms with Crippen molar-refractivity contribution in [2.45, 2.75) is 46.0 Å². The van der Waals surface area contributed by atoms with Crippen LogP contribution in [0.2, 0.25) is 0 Å². The van der Waals surface area contributed by atoms with Crippen molar-refractivity contribution in [2.24, 2.45) is 10.9 Å². The first-order valence-corrected chi connectivity index (χ1v) is 9.74. The summed E-state index contributed by atoms with van der Waals surface area (Å²) in [5, 5.41) is 2.28. The van der Waals surface area contributed by atoms with E-state index in [1.165, 1.54) is 23.1 Å². The number of nitrogens with zero attached hydrogens (tertiary/aromatic N) is 2. The molecule has 2 aliphatic rings. The SMILES string of the molecule is CC[NH+](CC)CCN=CC1C(=O)NC(=O)N(CCC2=CCCCC2)C1=O. The smallest absolute Gasteiger partial charge is 0.330 e. The summed E-state index contributed by atoms with van der Waals surface area (Å²) in [4.78, 5) is 43.5. The Bertz CT molecular complexity index is 581. The second-order valence-electron chi connectivity index (χ2n) is 6.88. The highest BCUT2D eigenvalue weighted by Gasteiger charge is 2.39. The van der Waals surface area contributed by atoms with Crippen LogP contribution in [0.5, 0.6) is 0 Å². The maximum Gasteiger partial charge on any atom is 0.330 e. The Kier molecular flexibility index (Phi) is 7.97. The molecule has 2 rings (SSSR count). The van der Waals surface area contributed by atoms with E-state index >= 15 is 0 Å². The van der Waals surface area contributed by atoms with Gasteiger partial charge in [0, 0.05) is 12.8 Å². The minimum Gasteiger partial charge on any atom is -0.334 e. The summed E-state index contributed by atoms with van der Waals surface area (Å²) in [6.45, 7) is 8.02. The molecule has 0 bridgehead atoms. The number of quaternary nitrogens is 1. The zero-order valence-electron chi connectivity index (χ0n) is 15.9. The van der Waals surface area contributed by atoms with Gasteiger partial charge in [-0.15, -0.1) is 0 Å². The number of imide groups is 2. The Morgan fingerprint density at radius 2 is 2.04 bits per heavy atom. The zero-order valence-corrected chi connectivity index (χ0v) is 15.9. The summed E-state index contributed by atoms with van der Waals surface area (Å²) in [6, 6.07) is -0.617. The highest BCUT2D eigenvalue weighted by molar-refractivity contribution is 6.23. The molecule has 1 saturated heterocycles. The molecule has 1 atom stereocenters. The minimum atomic E-state index is -1.00. The Morgan fingerprint density at radius 1 is 1.27 bits per heavy atom. The third-order valence-corrected chi connectivity index (χ3v) is 5.18. The molecule has 1 fully saturated rings. The maximum atomic E-state index is 12.6. The van der Waals surface area contributed by atoms with Crippen molar-refractivity contribution in [3.05, 3.63) is 11.6 Å². The summed E-state index contributed by atoms with van der Waals surface area (Å²) < 4.78 is 0. The molecule has 0 radical (unpaired) electrons. The van der Waals surface area contributed by atoms with Crippen molar-refractivity contribution in [1.29, 1.82) is 0 Å². The van der Waals surface area contributed by atoms with Crippen molar-refractivity contribution < 1.29 is 19.3 Å². The van der Waals surface area contributed by atoms with Gasteiger partial charge in [-0.05, 0) is 46.0 Å². The number of urea groups is 1. The van der Waals surface area contributed by atoms with E-state index in [4.69, 9.17) is 0 Å². The van der Waals surface area contributed by atoms with Gasteiger partial charge in [-0.3, -0.25) is 24.8 Å². The normalized spacial score (nSPS) is 21.5. The van der Waals surface area contributed by atoms with E-state index in [9.17, 15) is 14.4 Å². The molecule has 7 heteroatoms. The van der Waals surface area contributed by atoms with Crippen molar-refractivity contribution in [3.8, 4) is 0 Å². The fraction of sp³-hybridized carbons (Fsp3) is 0.684. The van der Waals surface area contributed by atoms with Gasteiger partial charge in [0.25, 0.3) is 0 Å². The standard InChI is InChI=1S/C19H30N4O3/c1-3-22(4-2)13-11-20-14-16-17(24)21-19(26)23(18(16)25)12-10-15-8-6-5-7-9-15/h8,14,16H,3-7,9-13H2,1-2H3,(H,21,24,26)/p+1. The molecule has 2 N–H and O–H groups in total. The fourth-order valence-corrected chi connectivity index (χ4v) is 3.37. The summed E-state index contributed by atoms with van der Waals surface area (Å²) in [5.41, 5.74) is 1.29. The highest BCUT2D eigenvalue weighted by Crippen LogP contribution is 2.21. The van der Waals surface area contributed by atoms with Gasteiger partial charge in [0.05, 0.1) is 26.2 Å². The predicted molar refractivity (Wildman–Crippen MR) is 100 cm³/mol. The van der Waals surface area contributed by atoms with Crippen LogP contribution >= 0.6 is 0 Å². The van der Waals surface area contributed by atoms with Gasteiger partial charge in [-0.25, -0.2) is 4.79 Å². The molecule has 1 heterocycles. The van der Waals surface area contributed by atoms with Gasteiger partial charge >= 0.3 is 6.03 Å². The lowest BCUT2D eigenvalue weighted by atomic mass is 9.97. The predicted octanol–water partition coefficient (Wildman–Crippen LogP) is 0.567. The lowest BCUT2D eigenvalue weighted by Crippen LogP contribution is -3.11. The summed E-state index contributed by atoms with van der Waals surface area (Å²) in [7, 11) is 0. The third kappa shape index (κ3) is 5.49. The van der Waals surface area contributed by atoms with Gasteiger partial charge in [-0.1, -0.05) is 11.6 Å². The first-order valence-electron chi connectivity index (χ1n) is 9.74. The molecule has 0 aromatic carbocycles. The molecule has 0 aromatic heterocycles. The Hall–Kier alpha value is -2.02. The van der Waals surface area contributed by atoms with Crippen LogP contribution in [-0.4, -0.2) is 61.7 Å². The van der Waals surface area contributed by atoms with Crippen molar-refractivity contribution in [1.82, 2.24) is 10.2 Å². The van der Waals surface area contributed by atoms with E-state index in [-0.39, 0.29) is 0 Å². The van der Waals surface area contributed by atoms with Gasteiger partial charge in [0.15, 0.2) is 5.92 Å². The molecular weight excluding hydrogens is 332 g/mol. The topological polar surface area (TPSA) is 83.3 Å². The van der Waals surface area contributed by atoms with E-state index in [0.717, 1.165) is 43.8 Å². The average molecular weight is 363 g/mol. The lowest BCUT2D eigenvalue weighted by Gasteiger charge is -2.29. The molecule has 7 nitrogen and oxygen atoms in total. The van der Waals surface area contributed by atoms with E-state index in [2.05, 4.69) is 30.2 Å². The minimum absolute atomic E-state index is 0.317. The molecule has 144 valence electrons. The van der Waals surface area contributed by atoms with Crippen LogP contribution in [0.15, 0.2) is 16.6 Å². The van der Waals surface area contributed by atoms with E-state index in [1.807, 2.05) is 0 Å². The number of barbiturate groups is 1. The zero-order chi connectivity index (χ0) is 18.9. The second-order valence-corrected chi connectivity index (χ2v) is 6.88. The number of rotatable bonds is 9. The first kappa shape index (κ1) is 20.3. The molecule has 1 aliphatic heterocycles. The number of hydrogen-bond acceptors (Lipinski definition) is 4. The molecule has 0 aromatic rings. The number of aliphatic imine (C=N–C) groups is 1. The van der Waals surface area contributed by atoms with E-state index in [0.29, 0.717) is 19.5 Å². The van der Waals surface area contributed by atoms with E-state index in [1.54, 1.807) is 0 Å². The van der Waals surface area contributed by atoms with Crippen LogP contribution in [-0.2, 0) is 9.59 Å². The van der Waals surface area contributed by atoms with E-state index < -0.39 is 23.8 Å². The van der Waals surface area contributed by atoms with Crippen molar-refractivity contribution in [3.63, 3.8) is 0 Å². The summed E-state index contributed by atoms with van der Waals surface area (Å²) in [5.74, 6) is -2.04. The molecule has 0 saturated carbocycles. The quantitative estimate of drug-likeness (QED) is 0.357. The summed E-state index contributed by atoms with van der Waals surface area (Å²) >= 11 is 0. The molecule has 1 aliphatic carbocycles. The number of carbonyl (C=O) groups excluding carboxylic acids is 3. The maximum absolute atomic E-state index is 12.6. The first-order chi connectivity index (χ1) is 12.6. The van der Waals surface area contributed by atoms with Crippen LogP contribution < -0.4 is 10.2 Å². The van der Waals surface area contributed by atoms with Crippen LogP contribution in [0.25, 0.3) is 0 Å². The Morgan fingerprint density at radius 3 is 2.69 bits per heavy atom. The number of carbonyl (C=O) groups is 3. The van der Waals surface area contributed by atoms with Gasteiger partial charge < -0.3 is 4.90 Å². The molecule has 1 unspecified atom stereocenters. The molecule has 26 heavy (non-hydrogen) atoms. The number of likely N-dealkylation sites (N-methyl/N-ethyl adjacent to an activating group) is 1. The second kappa shape index (κ2) is 10.2. The van der Waals surface area contributed by atoms with Crippen LogP contribution in [0, 0.1) is 5.92 Å². The Balaban J connectivity index is 1.92. The number of allylic oxidation sites excluding steroid dienone is 1. The number of nitrogens with one attached hydrogen (secondary N) is 2. The molecule has 4 amide bonds. The Labute approximate surface area is 155 Å². The molecule has 0 spiro atoms. The van der Waals surface area contributed by atoms with Crippen LogP contribution in [0.3, 0.4) is 0 Å². The number of hydrogen-bond donors (Lipinski definition) is 2. The lowest BCUT2D eigenvalue weighted by molar-refractivity contribution is -0.894. The van der Waals surface area contributed by atoms with Gasteiger partial charge in [0.2, 0.25) is 11.8 Å². The summed E-state index contributed by atoms with van der Waals surface area (Å²) in [6.07, 6.45) is 8.75. The average Bonchev–Trinajstić information content (AvgIpc) is 2.64. The fourth-order valence-electron chi connectivity index (χ4n) is 3.37. The van der Waals surface area contributed by atoms with Crippen LogP contribution in [0.1, 0.15) is 46.0 Å².